The topological polar surface area (TPSA) is 50.5 Å². The van der Waals surface area contributed by atoms with Crippen LogP contribution in [-0.4, -0.2) is 38.5 Å². The monoisotopic (exact) mass is 368 g/mol. The molecule has 1 aromatic carbocycles. The average molecular weight is 369 g/mol. The van der Waals surface area contributed by atoms with Crippen LogP contribution in [0, 0.1) is 6.92 Å². The molecule has 0 spiro atoms. The van der Waals surface area contributed by atoms with E-state index in [0.717, 1.165) is 24.9 Å². The highest BCUT2D eigenvalue weighted by atomic mass is 35.5. The molecule has 1 amide bonds. The maximum Gasteiger partial charge on any atom is 0.276 e. The summed E-state index contributed by atoms with van der Waals surface area (Å²) in [7, 11) is 0. The van der Waals surface area contributed by atoms with Crippen molar-refractivity contribution in [2.45, 2.75) is 32.1 Å². The Balaban J connectivity index is 1.65. The van der Waals surface area contributed by atoms with Gasteiger partial charge in [0.2, 0.25) is 0 Å². The van der Waals surface area contributed by atoms with E-state index in [4.69, 9.17) is 11.6 Å². The molecule has 3 heterocycles. The minimum absolute atomic E-state index is 0.0599. The van der Waals surface area contributed by atoms with E-state index in [1.807, 2.05) is 36.2 Å². The molecule has 134 valence electrons. The molecule has 1 aliphatic heterocycles. The Morgan fingerprint density at radius 2 is 2.04 bits per heavy atom. The third-order valence-electron chi connectivity index (χ3n) is 5.20. The van der Waals surface area contributed by atoms with Crippen molar-refractivity contribution in [3.8, 4) is 0 Å². The second-order valence-corrected chi connectivity index (χ2v) is 7.70. The summed E-state index contributed by atoms with van der Waals surface area (Å²) >= 11 is 6.42. The number of benzene rings is 1. The van der Waals surface area contributed by atoms with Gasteiger partial charge in [-0.05, 0) is 30.9 Å². The van der Waals surface area contributed by atoms with E-state index in [9.17, 15) is 4.79 Å². The minimum atomic E-state index is -0.125. The number of piperidine rings is 1. The zero-order valence-corrected chi connectivity index (χ0v) is 15.7. The second-order valence-electron chi connectivity index (χ2n) is 7.32. The van der Waals surface area contributed by atoms with Gasteiger partial charge in [0, 0.05) is 30.9 Å². The molecule has 0 aliphatic carbocycles. The van der Waals surface area contributed by atoms with Gasteiger partial charge in [0.25, 0.3) is 5.91 Å². The maximum atomic E-state index is 13.1. The van der Waals surface area contributed by atoms with Gasteiger partial charge in [0.05, 0.1) is 0 Å². The first-order chi connectivity index (χ1) is 12.5. The predicted molar refractivity (Wildman–Crippen MR) is 102 cm³/mol. The smallest absolute Gasteiger partial charge is 0.276 e. The summed E-state index contributed by atoms with van der Waals surface area (Å²) in [6.07, 6.45) is 5.57. The van der Waals surface area contributed by atoms with E-state index in [-0.39, 0.29) is 17.0 Å². The van der Waals surface area contributed by atoms with Gasteiger partial charge in [-0.1, -0.05) is 48.9 Å². The molecule has 1 aliphatic rings. The largest absolute Gasteiger partial charge is 0.336 e. The molecule has 1 saturated heterocycles. The molecular weight excluding hydrogens is 348 g/mol. The summed E-state index contributed by atoms with van der Waals surface area (Å²) in [6, 6.07) is 10.4. The lowest BCUT2D eigenvalue weighted by atomic mass is 9.76. The van der Waals surface area contributed by atoms with Crippen LogP contribution in [0.25, 0.3) is 5.65 Å². The highest BCUT2D eigenvalue weighted by molar-refractivity contribution is 6.36. The van der Waals surface area contributed by atoms with Gasteiger partial charge in [-0.25, -0.2) is 9.50 Å². The summed E-state index contributed by atoms with van der Waals surface area (Å²) < 4.78 is 1.59. The van der Waals surface area contributed by atoms with Crippen LogP contribution in [-0.2, 0) is 5.41 Å². The minimum Gasteiger partial charge on any atom is -0.336 e. The van der Waals surface area contributed by atoms with Crippen molar-refractivity contribution in [1.29, 1.82) is 0 Å². The quantitative estimate of drug-likeness (QED) is 0.689. The highest BCUT2D eigenvalue weighted by Gasteiger charge is 2.36. The standard InChI is InChI=1S/C20H21ClN4O/c1-14-11-22-18-16(21)17(23-25(18)12-14)19(26)24-10-6-9-20(2,13-24)15-7-4-3-5-8-15/h3-5,7-8,11-12H,6,9-10,13H2,1-2H3. The number of halogens is 1. The molecule has 5 nitrogen and oxygen atoms in total. The summed E-state index contributed by atoms with van der Waals surface area (Å²) in [5, 5.41) is 4.72. The van der Waals surface area contributed by atoms with E-state index in [2.05, 4.69) is 29.1 Å². The summed E-state index contributed by atoms with van der Waals surface area (Å²) in [4.78, 5) is 19.3. The van der Waals surface area contributed by atoms with Gasteiger partial charge in [-0.3, -0.25) is 4.79 Å². The first kappa shape index (κ1) is 17.0. The SMILES string of the molecule is Cc1cnc2c(Cl)c(C(=O)N3CCCC(C)(c4ccccc4)C3)nn2c1. The number of amides is 1. The van der Waals surface area contributed by atoms with E-state index in [0.29, 0.717) is 17.2 Å². The molecule has 0 saturated carbocycles. The summed E-state index contributed by atoms with van der Waals surface area (Å²) in [6.45, 7) is 5.53. The van der Waals surface area contributed by atoms with Gasteiger partial charge >= 0.3 is 0 Å². The van der Waals surface area contributed by atoms with Crippen LogP contribution in [0.2, 0.25) is 5.02 Å². The lowest BCUT2D eigenvalue weighted by molar-refractivity contribution is 0.0645. The van der Waals surface area contributed by atoms with Crippen molar-refractivity contribution in [2.75, 3.05) is 13.1 Å². The molecule has 3 aromatic rings. The fourth-order valence-electron chi connectivity index (χ4n) is 3.78. The van der Waals surface area contributed by atoms with Crippen LogP contribution < -0.4 is 0 Å². The molecule has 0 radical (unpaired) electrons. The molecular formula is C20H21ClN4O. The lowest BCUT2D eigenvalue weighted by Gasteiger charge is -2.40. The highest BCUT2D eigenvalue weighted by Crippen LogP contribution is 2.34. The van der Waals surface area contributed by atoms with Crippen LogP contribution in [0.1, 0.15) is 41.4 Å². The molecule has 1 unspecified atom stereocenters. The molecule has 1 atom stereocenters. The molecule has 0 bridgehead atoms. The normalized spacial score (nSPS) is 20.5. The van der Waals surface area contributed by atoms with Gasteiger partial charge in [0.1, 0.15) is 5.02 Å². The molecule has 6 heteroatoms. The number of nitrogens with zero attached hydrogens (tertiary/aromatic N) is 4. The Morgan fingerprint density at radius 3 is 2.81 bits per heavy atom. The number of carbonyl (C=O) groups is 1. The van der Waals surface area contributed by atoms with E-state index in [1.165, 1.54) is 5.56 Å². The number of aromatic nitrogens is 3. The first-order valence-corrected chi connectivity index (χ1v) is 9.21. The van der Waals surface area contributed by atoms with Gasteiger partial charge in [0.15, 0.2) is 11.3 Å². The van der Waals surface area contributed by atoms with Gasteiger partial charge < -0.3 is 4.90 Å². The number of aryl methyl sites for hydroxylation is 1. The molecule has 0 N–H and O–H groups in total. The van der Waals surface area contributed by atoms with Crippen molar-refractivity contribution in [2.24, 2.45) is 0 Å². The summed E-state index contributed by atoms with van der Waals surface area (Å²) in [5.74, 6) is -0.125. The Morgan fingerprint density at radius 1 is 1.27 bits per heavy atom. The van der Waals surface area contributed by atoms with E-state index >= 15 is 0 Å². The van der Waals surface area contributed by atoms with Crippen molar-refractivity contribution in [3.63, 3.8) is 0 Å². The molecule has 1 fully saturated rings. The fraction of sp³-hybridized carbons (Fsp3) is 0.350. The number of hydrogen-bond acceptors (Lipinski definition) is 3. The number of rotatable bonds is 2. The fourth-order valence-corrected chi connectivity index (χ4v) is 4.03. The first-order valence-electron chi connectivity index (χ1n) is 8.83. The zero-order chi connectivity index (χ0) is 18.3. The van der Waals surface area contributed by atoms with Crippen LogP contribution in [0.4, 0.5) is 0 Å². The van der Waals surface area contributed by atoms with Crippen molar-refractivity contribution in [3.05, 3.63) is 64.6 Å². The lowest BCUT2D eigenvalue weighted by Crippen LogP contribution is -2.47. The third-order valence-corrected chi connectivity index (χ3v) is 5.55. The van der Waals surface area contributed by atoms with Crippen LogP contribution >= 0.6 is 11.6 Å². The predicted octanol–water partition coefficient (Wildman–Crippen LogP) is 3.89. The maximum absolute atomic E-state index is 13.1. The Bertz CT molecular complexity index is 969. The third kappa shape index (κ3) is 2.86. The number of hydrogen-bond donors (Lipinski definition) is 0. The van der Waals surface area contributed by atoms with Crippen molar-refractivity contribution in [1.82, 2.24) is 19.5 Å². The Labute approximate surface area is 157 Å². The van der Waals surface area contributed by atoms with E-state index in [1.54, 1.807) is 10.7 Å². The van der Waals surface area contributed by atoms with Crippen LogP contribution in [0.15, 0.2) is 42.7 Å². The molecule has 4 rings (SSSR count). The van der Waals surface area contributed by atoms with E-state index < -0.39 is 0 Å². The summed E-state index contributed by atoms with van der Waals surface area (Å²) in [5.41, 5.74) is 2.96. The number of carbonyl (C=O) groups excluding carboxylic acids is 1. The van der Waals surface area contributed by atoms with Gasteiger partial charge in [-0.15, -0.1) is 0 Å². The zero-order valence-electron chi connectivity index (χ0n) is 14.9. The Kier molecular flexibility index (Phi) is 4.19. The van der Waals surface area contributed by atoms with Crippen molar-refractivity contribution >= 4 is 23.2 Å². The molecule has 26 heavy (non-hydrogen) atoms. The van der Waals surface area contributed by atoms with Crippen LogP contribution in [0.5, 0.6) is 0 Å². The number of likely N-dealkylation sites (tertiary alicyclic amines) is 1. The molecule has 2 aromatic heterocycles. The number of fused-ring (bicyclic) bond motifs is 1. The van der Waals surface area contributed by atoms with Crippen LogP contribution in [0.3, 0.4) is 0 Å². The second kappa shape index (κ2) is 6.40. The Hall–Kier alpha value is -2.40. The van der Waals surface area contributed by atoms with Gasteiger partial charge in [-0.2, -0.15) is 5.10 Å². The van der Waals surface area contributed by atoms with Crippen molar-refractivity contribution < 1.29 is 4.79 Å². The average Bonchev–Trinajstić information content (AvgIpc) is 2.97.